The summed E-state index contributed by atoms with van der Waals surface area (Å²) < 4.78 is 11.5. The van der Waals surface area contributed by atoms with Crippen molar-refractivity contribution in [3.05, 3.63) is 0 Å². The molecule has 3 aliphatic rings. The molecular weight excluding hydrogens is 256 g/mol. The number of fused-ring (bicyclic) bond motifs is 1. The predicted octanol–water partition coefficient (Wildman–Crippen LogP) is 0.667. The lowest BCUT2D eigenvalue weighted by atomic mass is 9.68. The molecule has 3 N–H and O–H groups in total. The molecule has 1 saturated carbocycles. The molecule has 0 aromatic rings. The quantitative estimate of drug-likeness (QED) is 0.780. The minimum Gasteiger partial charge on any atom is -0.376 e. The van der Waals surface area contributed by atoms with Gasteiger partial charge < -0.3 is 20.5 Å². The SMILES string of the molecule is CC1OC(C)C(C(=O)NC2C(N)C3CCCOC32)C1C. The van der Waals surface area contributed by atoms with E-state index in [0.717, 1.165) is 19.4 Å². The number of carbonyl (C=O) groups excluding carboxylic acids is 1. The zero-order valence-corrected chi connectivity index (χ0v) is 12.5. The highest BCUT2D eigenvalue weighted by atomic mass is 16.5. The standard InChI is InChI=1S/C15H26N2O3/c1-7-8(2)20-9(3)11(7)15(18)17-13-12(16)10-5-4-6-19-14(10)13/h7-14H,4-6,16H2,1-3H3,(H,17,18). The van der Waals surface area contributed by atoms with Crippen LogP contribution in [0.3, 0.4) is 0 Å². The summed E-state index contributed by atoms with van der Waals surface area (Å²) in [5.74, 6) is 0.647. The number of nitrogens with two attached hydrogens (primary N) is 1. The Morgan fingerprint density at radius 3 is 2.65 bits per heavy atom. The van der Waals surface area contributed by atoms with Crippen LogP contribution >= 0.6 is 0 Å². The molecule has 0 aromatic carbocycles. The van der Waals surface area contributed by atoms with Crippen LogP contribution in [0.2, 0.25) is 0 Å². The first-order chi connectivity index (χ1) is 9.50. The van der Waals surface area contributed by atoms with Crippen molar-refractivity contribution >= 4 is 5.91 Å². The number of hydrogen-bond acceptors (Lipinski definition) is 4. The van der Waals surface area contributed by atoms with Crippen LogP contribution in [0.4, 0.5) is 0 Å². The Morgan fingerprint density at radius 1 is 1.25 bits per heavy atom. The number of carbonyl (C=O) groups is 1. The van der Waals surface area contributed by atoms with Crippen molar-refractivity contribution in [1.29, 1.82) is 0 Å². The van der Waals surface area contributed by atoms with Gasteiger partial charge in [0, 0.05) is 18.6 Å². The van der Waals surface area contributed by atoms with Crippen LogP contribution in [0.25, 0.3) is 0 Å². The van der Waals surface area contributed by atoms with Gasteiger partial charge in [-0.1, -0.05) is 6.92 Å². The first-order valence-electron chi connectivity index (χ1n) is 7.83. The van der Waals surface area contributed by atoms with E-state index in [0.29, 0.717) is 5.92 Å². The average Bonchev–Trinajstić information content (AvgIpc) is 2.69. The molecular formula is C15H26N2O3. The molecule has 20 heavy (non-hydrogen) atoms. The molecule has 3 rings (SSSR count). The van der Waals surface area contributed by atoms with Crippen molar-refractivity contribution < 1.29 is 14.3 Å². The Hall–Kier alpha value is -0.650. The van der Waals surface area contributed by atoms with Crippen molar-refractivity contribution in [1.82, 2.24) is 5.32 Å². The van der Waals surface area contributed by atoms with E-state index in [4.69, 9.17) is 15.2 Å². The molecule has 2 saturated heterocycles. The predicted molar refractivity (Wildman–Crippen MR) is 75.0 cm³/mol. The van der Waals surface area contributed by atoms with Gasteiger partial charge in [0.05, 0.1) is 30.3 Å². The van der Waals surface area contributed by atoms with Crippen LogP contribution in [0.15, 0.2) is 0 Å². The fraction of sp³-hybridized carbons (Fsp3) is 0.933. The van der Waals surface area contributed by atoms with Gasteiger partial charge in [-0.15, -0.1) is 0 Å². The normalized spacial score (nSPS) is 51.2. The molecule has 8 atom stereocenters. The maximum atomic E-state index is 12.5. The summed E-state index contributed by atoms with van der Waals surface area (Å²) in [6, 6.07) is 0.0118. The van der Waals surface area contributed by atoms with Gasteiger partial charge in [-0.25, -0.2) is 0 Å². The van der Waals surface area contributed by atoms with E-state index >= 15 is 0 Å². The molecule has 3 fully saturated rings. The topological polar surface area (TPSA) is 73.6 Å². The molecule has 114 valence electrons. The molecule has 2 heterocycles. The van der Waals surface area contributed by atoms with Crippen molar-refractivity contribution in [3.63, 3.8) is 0 Å². The molecule has 2 aliphatic heterocycles. The van der Waals surface area contributed by atoms with Crippen LogP contribution in [0.5, 0.6) is 0 Å². The van der Waals surface area contributed by atoms with Gasteiger partial charge in [-0.2, -0.15) is 0 Å². The van der Waals surface area contributed by atoms with Crippen LogP contribution in [-0.2, 0) is 14.3 Å². The largest absolute Gasteiger partial charge is 0.376 e. The molecule has 8 unspecified atom stereocenters. The Morgan fingerprint density at radius 2 is 2.00 bits per heavy atom. The van der Waals surface area contributed by atoms with Crippen LogP contribution in [0, 0.1) is 17.8 Å². The van der Waals surface area contributed by atoms with Crippen molar-refractivity contribution in [2.24, 2.45) is 23.5 Å². The lowest BCUT2D eigenvalue weighted by Gasteiger charge is -2.52. The molecule has 1 aliphatic carbocycles. The van der Waals surface area contributed by atoms with Crippen molar-refractivity contribution in [3.8, 4) is 0 Å². The maximum absolute atomic E-state index is 12.5. The van der Waals surface area contributed by atoms with Gasteiger partial charge in [-0.05, 0) is 32.6 Å². The Labute approximate surface area is 120 Å². The zero-order valence-electron chi connectivity index (χ0n) is 12.5. The number of nitrogens with one attached hydrogen (secondary N) is 1. The Bertz CT molecular complexity index is 389. The highest BCUT2D eigenvalue weighted by molar-refractivity contribution is 5.80. The summed E-state index contributed by atoms with van der Waals surface area (Å²) in [5.41, 5.74) is 6.19. The van der Waals surface area contributed by atoms with Crippen LogP contribution < -0.4 is 11.1 Å². The second-order valence-corrected chi connectivity index (χ2v) is 6.68. The van der Waals surface area contributed by atoms with E-state index in [9.17, 15) is 4.79 Å². The smallest absolute Gasteiger partial charge is 0.226 e. The van der Waals surface area contributed by atoms with Gasteiger partial charge in [0.15, 0.2) is 0 Å². The maximum Gasteiger partial charge on any atom is 0.226 e. The van der Waals surface area contributed by atoms with Crippen LogP contribution in [-0.4, -0.2) is 42.9 Å². The molecule has 1 amide bonds. The van der Waals surface area contributed by atoms with Gasteiger partial charge in [-0.3, -0.25) is 4.79 Å². The molecule has 0 bridgehead atoms. The molecule has 0 radical (unpaired) electrons. The number of rotatable bonds is 2. The van der Waals surface area contributed by atoms with Gasteiger partial charge in [0.1, 0.15) is 0 Å². The third-order valence-corrected chi connectivity index (χ3v) is 5.53. The van der Waals surface area contributed by atoms with E-state index < -0.39 is 0 Å². The minimum atomic E-state index is -0.0835. The average molecular weight is 282 g/mol. The van der Waals surface area contributed by atoms with Gasteiger partial charge in [0.25, 0.3) is 0 Å². The fourth-order valence-electron chi connectivity index (χ4n) is 4.11. The van der Waals surface area contributed by atoms with Crippen molar-refractivity contribution in [2.75, 3.05) is 6.61 Å². The summed E-state index contributed by atoms with van der Waals surface area (Å²) in [4.78, 5) is 12.5. The number of hydrogen-bond donors (Lipinski definition) is 2. The number of ether oxygens (including phenoxy) is 2. The summed E-state index contributed by atoms with van der Waals surface area (Å²) in [6.07, 6.45) is 2.42. The summed E-state index contributed by atoms with van der Waals surface area (Å²) in [5, 5.41) is 3.12. The highest BCUT2D eigenvalue weighted by Crippen LogP contribution is 2.38. The second kappa shape index (κ2) is 5.28. The Kier molecular flexibility index (Phi) is 3.77. The third-order valence-electron chi connectivity index (χ3n) is 5.53. The van der Waals surface area contributed by atoms with E-state index in [1.165, 1.54) is 0 Å². The lowest BCUT2D eigenvalue weighted by Crippen LogP contribution is -2.72. The highest BCUT2D eigenvalue weighted by Gasteiger charge is 2.52. The third kappa shape index (κ3) is 2.16. The molecule has 5 nitrogen and oxygen atoms in total. The van der Waals surface area contributed by atoms with E-state index in [1.54, 1.807) is 0 Å². The monoisotopic (exact) mass is 282 g/mol. The van der Waals surface area contributed by atoms with Crippen LogP contribution in [0.1, 0.15) is 33.6 Å². The molecule has 5 heteroatoms. The summed E-state index contributed by atoms with van der Waals surface area (Å²) in [7, 11) is 0. The fourth-order valence-corrected chi connectivity index (χ4v) is 4.11. The number of amides is 1. The summed E-state index contributed by atoms with van der Waals surface area (Å²) in [6.45, 7) is 6.88. The Balaban J connectivity index is 1.62. The van der Waals surface area contributed by atoms with Crippen molar-refractivity contribution in [2.45, 2.75) is 64.0 Å². The van der Waals surface area contributed by atoms with Gasteiger partial charge in [0.2, 0.25) is 5.91 Å². The zero-order chi connectivity index (χ0) is 14.4. The first-order valence-corrected chi connectivity index (χ1v) is 7.83. The minimum absolute atomic E-state index is 0.0249. The molecule has 0 aromatic heterocycles. The lowest BCUT2D eigenvalue weighted by molar-refractivity contribution is -0.143. The second-order valence-electron chi connectivity index (χ2n) is 6.68. The molecule has 0 spiro atoms. The van der Waals surface area contributed by atoms with E-state index in [2.05, 4.69) is 12.2 Å². The first kappa shape index (κ1) is 14.3. The van der Waals surface area contributed by atoms with E-state index in [-0.39, 0.29) is 48.1 Å². The van der Waals surface area contributed by atoms with E-state index in [1.807, 2.05) is 13.8 Å². The van der Waals surface area contributed by atoms with Gasteiger partial charge >= 0.3 is 0 Å². The summed E-state index contributed by atoms with van der Waals surface area (Å²) >= 11 is 0.